The van der Waals surface area contributed by atoms with Gasteiger partial charge in [-0.2, -0.15) is 0 Å². The number of hydrogen-bond donors (Lipinski definition) is 2. The highest BCUT2D eigenvalue weighted by atomic mass is 32.1. The Kier molecular flexibility index (Phi) is 3.85. The summed E-state index contributed by atoms with van der Waals surface area (Å²) in [5.74, 6) is 0.00593. The quantitative estimate of drug-likeness (QED) is 0.901. The predicted molar refractivity (Wildman–Crippen MR) is 75.1 cm³/mol. The topological polar surface area (TPSA) is 62.2 Å². The normalized spacial score (nSPS) is 11.3. The van der Waals surface area contributed by atoms with E-state index in [-0.39, 0.29) is 18.1 Å². The summed E-state index contributed by atoms with van der Waals surface area (Å²) in [6, 6.07) is 6.85. The molecule has 0 bridgehead atoms. The number of phenols is 1. The minimum Gasteiger partial charge on any atom is -0.508 e. The molecule has 1 aromatic heterocycles. The van der Waals surface area contributed by atoms with E-state index in [0.29, 0.717) is 5.56 Å². The molecule has 0 aliphatic carbocycles. The van der Waals surface area contributed by atoms with E-state index in [0.717, 1.165) is 5.01 Å². The molecule has 1 amide bonds. The molecule has 100 valence electrons. The van der Waals surface area contributed by atoms with Crippen molar-refractivity contribution < 1.29 is 9.90 Å². The van der Waals surface area contributed by atoms with Crippen LogP contribution in [0.5, 0.6) is 5.75 Å². The lowest BCUT2D eigenvalue weighted by atomic mass is 10.1. The van der Waals surface area contributed by atoms with Crippen LogP contribution in [-0.2, 0) is 16.8 Å². The first-order valence-corrected chi connectivity index (χ1v) is 6.85. The molecule has 1 heterocycles. The van der Waals surface area contributed by atoms with Crippen molar-refractivity contribution in [3.8, 4) is 5.75 Å². The molecule has 0 saturated carbocycles. The standard InChI is InChI=1S/C14H16N2O2S/c1-14(2,13-15-7-8-19-13)16-12(18)9-10-5-3-4-6-11(10)17/h3-8,17H,9H2,1-2H3,(H,16,18). The van der Waals surface area contributed by atoms with Gasteiger partial charge in [0.15, 0.2) is 0 Å². The van der Waals surface area contributed by atoms with Crippen LogP contribution in [0.2, 0.25) is 0 Å². The molecular formula is C14H16N2O2S. The van der Waals surface area contributed by atoms with Gasteiger partial charge in [-0.1, -0.05) is 18.2 Å². The molecule has 0 fully saturated rings. The van der Waals surface area contributed by atoms with E-state index in [9.17, 15) is 9.90 Å². The van der Waals surface area contributed by atoms with Crippen LogP contribution in [-0.4, -0.2) is 16.0 Å². The fraction of sp³-hybridized carbons (Fsp3) is 0.286. The lowest BCUT2D eigenvalue weighted by Gasteiger charge is -2.23. The summed E-state index contributed by atoms with van der Waals surface area (Å²) in [5, 5.41) is 15.3. The van der Waals surface area contributed by atoms with Gasteiger partial charge >= 0.3 is 0 Å². The highest BCUT2D eigenvalue weighted by Gasteiger charge is 2.25. The monoisotopic (exact) mass is 276 g/mol. The van der Waals surface area contributed by atoms with Crippen molar-refractivity contribution in [3.05, 3.63) is 46.4 Å². The van der Waals surface area contributed by atoms with Gasteiger partial charge in [-0.3, -0.25) is 4.79 Å². The lowest BCUT2D eigenvalue weighted by Crippen LogP contribution is -2.41. The van der Waals surface area contributed by atoms with E-state index in [1.54, 1.807) is 30.5 Å². The van der Waals surface area contributed by atoms with E-state index in [1.807, 2.05) is 19.2 Å². The van der Waals surface area contributed by atoms with Gasteiger partial charge in [0.1, 0.15) is 10.8 Å². The molecule has 5 heteroatoms. The minimum absolute atomic E-state index is 0.137. The minimum atomic E-state index is -0.504. The molecular weight excluding hydrogens is 260 g/mol. The predicted octanol–water partition coefficient (Wildman–Crippen LogP) is 2.44. The first-order valence-electron chi connectivity index (χ1n) is 5.97. The summed E-state index contributed by atoms with van der Waals surface area (Å²) in [4.78, 5) is 16.3. The molecule has 19 heavy (non-hydrogen) atoms. The largest absolute Gasteiger partial charge is 0.508 e. The van der Waals surface area contributed by atoms with Gasteiger partial charge in [0, 0.05) is 17.1 Å². The molecule has 0 saturated heterocycles. The third-order valence-electron chi connectivity index (χ3n) is 2.76. The van der Waals surface area contributed by atoms with E-state index < -0.39 is 5.54 Å². The molecule has 0 radical (unpaired) electrons. The molecule has 4 nitrogen and oxygen atoms in total. The SMILES string of the molecule is CC(C)(NC(=O)Cc1ccccc1O)c1nccs1. The van der Waals surface area contributed by atoms with Crippen LogP contribution in [0.1, 0.15) is 24.4 Å². The Morgan fingerprint density at radius 3 is 2.79 bits per heavy atom. The fourth-order valence-corrected chi connectivity index (χ4v) is 2.53. The number of carbonyl (C=O) groups excluding carboxylic acids is 1. The Balaban J connectivity index is 2.04. The average Bonchev–Trinajstić information content (AvgIpc) is 2.85. The molecule has 2 aromatic rings. The number of nitrogens with zero attached hydrogens (tertiary/aromatic N) is 1. The van der Waals surface area contributed by atoms with Crippen LogP contribution in [0.25, 0.3) is 0 Å². The number of benzene rings is 1. The maximum atomic E-state index is 12.0. The van der Waals surface area contributed by atoms with Gasteiger partial charge in [-0.05, 0) is 19.9 Å². The van der Waals surface area contributed by atoms with Crippen molar-refractivity contribution in [1.29, 1.82) is 0 Å². The number of para-hydroxylation sites is 1. The summed E-state index contributed by atoms with van der Waals surface area (Å²) in [7, 11) is 0. The van der Waals surface area contributed by atoms with Crippen LogP contribution in [0.3, 0.4) is 0 Å². The number of aromatic nitrogens is 1. The van der Waals surface area contributed by atoms with Crippen molar-refractivity contribution in [2.75, 3.05) is 0 Å². The number of carbonyl (C=O) groups is 1. The number of phenolic OH excluding ortho intramolecular Hbond substituents is 1. The molecule has 2 N–H and O–H groups in total. The number of aromatic hydroxyl groups is 1. The second-order valence-electron chi connectivity index (χ2n) is 4.82. The Hall–Kier alpha value is -1.88. The zero-order chi connectivity index (χ0) is 13.9. The number of hydrogen-bond acceptors (Lipinski definition) is 4. The first-order chi connectivity index (χ1) is 8.99. The van der Waals surface area contributed by atoms with E-state index in [4.69, 9.17) is 0 Å². The van der Waals surface area contributed by atoms with Gasteiger partial charge < -0.3 is 10.4 Å². The molecule has 0 atom stereocenters. The summed E-state index contributed by atoms with van der Waals surface area (Å²) in [5.41, 5.74) is 0.116. The van der Waals surface area contributed by atoms with E-state index in [2.05, 4.69) is 10.3 Å². The number of amides is 1. The van der Waals surface area contributed by atoms with Gasteiger partial charge in [0.2, 0.25) is 5.91 Å². The smallest absolute Gasteiger partial charge is 0.225 e. The molecule has 1 aromatic carbocycles. The van der Waals surface area contributed by atoms with Crippen LogP contribution >= 0.6 is 11.3 Å². The second kappa shape index (κ2) is 5.40. The van der Waals surface area contributed by atoms with Crippen LogP contribution < -0.4 is 5.32 Å². The molecule has 2 rings (SSSR count). The molecule has 0 unspecified atom stereocenters. The van der Waals surface area contributed by atoms with Crippen molar-refractivity contribution in [1.82, 2.24) is 10.3 Å². The first kappa shape index (κ1) is 13.5. The number of nitrogens with one attached hydrogen (secondary N) is 1. The molecule has 0 spiro atoms. The summed E-state index contributed by atoms with van der Waals surface area (Å²) in [6.45, 7) is 3.82. The number of rotatable bonds is 4. The summed E-state index contributed by atoms with van der Waals surface area (Å²) in [6.07, 6.45) is 1.87. The zero-order valence-electron chi connectivity index (χ0n) is 10.9. The maximum absolute atomic E-state index is 12.0. The summed E-state index contributed by atoms with van der Waals surface area (Å²) < 4.78 is 0. The lowest BCUT2D eigenvalue weighted by molar-refractivity contribution is -0.122. The van der Waals surface area contributed by atoms with Crippen molar-refractivity contribution in [3.63, 3.8) is 0 Å². The Bertz CT molecular complexity index is 565. The highest BCUT2D eigenvalue weighted by Crippen LogP contribution is 2.22. The van der Waals surface area contributed by atoms with Gasteiger partial charge in [-0.25, -0.2) is 4.98 Å². The van der Waals surface area contributed by atoms with E-state index in [1.165, 1.54) is 11.3 Å². The van der Waals surface area contributed by atoms with Gasteiger partial charge in [0.25, 0.3) is 0 Å². The van der Waals surface area contributed by atoms with E-state index >= 15 is 0 Å². The van der Waals surface area contributed by atoms with Crippen molar-refractivity contribution >= 4 is 17.2 Å². The van der Waals surface area contributed by atoms with Crippen LogP contribution in [0.4, 0.5) is 0 Å². The maximum Gasteiger partial charge on any atom is 0.225 e. The molecule has 0 aliphatic rings. The third-order valence-corrected chi connectivity index (χ3v) is 3.86. The third kappa shape index (κ3) is 3.32. The highest BCUT2D eigenvalue weighted by molar-refractivity contribution is 7.09. The Morgan fingerprint density at radius 2 is 2.16 bits per heavy atom. The van der Waals surface area contributed by atoms with Crippen molar-refractivity contribution in [2.45, 2.75) is 25.8 Å². The van der Waals surface area contributed by atoms with Crippen LogP contribution in [0.15, 0.2) is 35.8 Å². The Labute approximate surface area is 116 Å². The van der Waals surface area contributed by atoms with Crippen molar-refractivity contribution in [2.24, 2.45) is 0 Å². The summed E-state index contributed by atoms with van der Waals surface area (Å²) >= 11 is 1.51. The van der Waals surface area contributed by atoms with Gasteiger partial charge in [0.05, 0.1) is 12.0 Å². The van der Waals surface area contributed by atoms with Gasteiger partial charge in [-0.15, -0.1) is 11.3 Å². The average molecular weight is 276 g/mol. The number of thiazole rings is 1. The van der Waals surface area contributed by atoms with Crippen LogP contribution in [0, 0.1) is 0 Å². The second-order valence-corrected chi connectivity index (χ2v) is 5.71. The zero-order valence-corrected chi connectivity index (χ0v) is 11.7. The molecule has 0 aliphatic heterocycles. The Morgan fingerprint density at radius 1 is 1.42 bits per heavy atom. The fourth-order valence-electron chi connectivity index (χ4n) is 1.81.